The van der Waals surface area contributed by atoms with Crippen LogP contribution >= 0.6 is 23.2 Å². The van der Waals surface area contributed by atoms with Gasteiger partial charge in [0.15, 0.2) is 0 Å². The summed E-state index contributed by atoms with van der Waals surface area (Å²) in [6.07, 6.45) is 4.70. The molecule has 2 aromatic carbocycles. The maximum Gasteiger partial charge on any atom is 0.263 e. The van der Waals surface area contributed by atoms with Gasteiger partial charge in [0.1, 0.15) is 0 Å². The zero-order valence-corrected chi connectivity index (χ0v) is 17.9. The molecule has 4 aromatic rings. The second-order valence-electron chi connectivity index (χ2n) is 7.72. The maximum absolute atomic E-state index is 13.4. The molecule has 3 heterocycles. The van der Waals surface area contributed by atoms with Gasteiger partial charge < -0.3 is 4.90 Å². The highest BCUT2D eigenvalue weighted by atomic mass is 35.5. The van der Waals surface area contributed by atoms with E-state index in [1.165, 1.54) is 12.8 Å². The topological polar surface area (TPSA) is 55.4 Å². The Morgan fingerprint density at radius 1 is 0.900 bits per heavy atom. The molecule has 1 aliphatic rings. The molecule has 1 aliphatic heterocycles. The minimum Gasteiger partial charge on any atom is -0.341 e. The molecule has 0 N–H and O–H groups in total. The number of benzene rings is 2. The summed E-state index contributed by atoms with van der Waals surface area (Å²) in [6, 6.07) is 12.9. The lowest BCUT2D eigenvalue weighted by atomic mass is 10.2. The highest BCUT2D eigenvalue weighted by Gasteiger charge is 2.21. The predicted octanol–water partition coefficient (Wildman–Crippen LogP) is 4.78. The third-order valence-electron chi connectivity index (χ3n) is 5.66. The normalized spacial score (nSPS) is 15.1. The quantitative estimate of drug-likeness (QED) is 0.458. The lowest BCUT2D eigenvalue weighted by Crippen LogP contribution is -2.28. The fourth-order valence-electron chi connectivity index (χ4n) is 4.21. The molecular weight excluding hydrogens is 421 g/mol. The monoisotopic (exact) mass is 441 g/mol. The second kappa shape index (κ2) is 7.93. The van der Waals surface area contributed by atoms with Crippen LogP contribution in [0.4, 0.5) is 5.95 Å². The number of hydrogen-bond donors (Lipinski definition) is 0. The van der Waals surface area contributed by atoms with Gasteiger partial charge in [-0.1, -0.05) is 48.2 Å². The van der Waals surface area contributed by atoms with Gasteiger partial charge in [-0.15, -0.1) is 10.2 Å². The van der Waals surface area contributed by atoms with E-state index in [0.29, 0.717) is 27.8 Å². The number of anilines is 1. The van der Waals surface area contributed by atoms with Gasteiger partial charge in [0, 0.05) is 23.1 Å². The van der Waals surface area contributed by atoms with Crippen molar-refractivity contribution in [2.24, 2.45) is 0 Å². The maximum atomic E-state index is 13.4. The molecule has 6 nitrogen and oxygen atoms in total. The Kier molecular flexibility index (Phi) is 5.13. The van der Waals surface area contributed by atoms with E-state index in [1.54, 1.807) is 16.7 Å². The first-order valence-corrected chi connectivity index (χ1v) is 10.9. The average molecular weight is 442 g/mol. The summed E-state index contributed by atoms with van der Waals surface area (Å²) >= 11 is 12.4. The Hall–Kier alpha value is -2.57. The van der Waals surface area contributed by atoms with E-state index in [1.807, 2.05) is 34.7 Å². The second-order valence-corrected chi connectivity index (χ2v) is 8.59. The van der Waals surface area contributed by atoms with E-state index < -0.39 is 0 Å². The van der Waals surface area contributed by atoms with E-state index in [9.17, 15) is 4.79 Å². The first-order valence-electron chi connectivity index (χ1n) is 10.2. The van der Waals surface area contributed by atoms with Crippen molar-refractivity contribution in [2.45, 2.75) is 32.2 Å². The third kappa shape index (κ3) is 3.44. The van der Waals surface area contributed by atoms with Gasteiger partial charge in [-0.2, -0.15) is 0 Å². The van der Waals surface area contributed by atoms with Crippen molar-refractivity contribution < 1.29 is 0 Å². The molecule has 0 radical (unpaired) electrons. The Morgan fingerprint density at radius 3 is 2.43 bits per heavy atom. The molecule has 1 saturated heterocycles. The van der Waals surface area contributed by atoms with Crippen molar-refractivity contribution >= 4 is 45.8 Å². The van der Waals surface area contributed by atoms with Crippen LogP contribution in [0.2, 0.25) is 10.0 Å². The van der Waals surface area contributed by atoms with Crippen LogP contribution in [0.25, 0.3) is 16.7 Å². The van der Waals surface area contributed by atoms with Gasteiger partial charge in [0.2, 0.25) is 11.7 Å². The largest absolute Gasteiger partial charge is 0.341 e. The van der Waals surface area contributed by atoms with Crippen molar-refractivity contribution in [3.05, 3.63) is 68.4 Å². The zero-order chi connectivity index (χ0) is 20.7. The molecule has 0 saturated carbocycles. The molecule has 1 fully saturated rings. The minimum atomic E-state index is -0.144. The molecule has 0 unspecified atom stereocenters. The summed E-state index contributed by atoms with van der Waals surface area (Å²) in [7, 11) is 0. The Labute approximate surface area is 183 Å². The van der Waals surface area contributed by atoms with Crippen LogP contribution < -0.4 is 10.5 Å². The zero-order valence-electron chi connectivity index (χ0n) is 16.4. The van der Waals surface area contributed by atoms with E-state index in [-0.39, 0.29) is 5.56 Å². The number of halogens is 2. The van der Waals surface area contributed by atoms with Crippen LogP contribution in [0.3, 0.4) is 0 Å². The van der Waals surface area contributed by atoms with Crippen molar-refractivity contribution in [1.82, 2.24) is 19.2 Å². The SMILES string of the molecule is O=c1c2cc(Cl)ccc2n2c(N3CCCCCC3)nnc2n1Cc1cccc(Cl)c1. The van der Waals surface area contributed by atoms with E-state index >= 15 is 0 Å². The Balaban J connectivity index is 1.76. The summed E-state index contributed by atoms with van der Waals surface area (Å²) in [5.41, 5.74) is 1.55. The fraction of sp³-hybridized carbons (Fsp3) is 0.318. The van der Waals surface area contributed by atoms with Crippen molar-refractivity contribution in [2.75, 3.05) is 18.0 Å². The molecular formula is C22H21Cl2N5O. The van der Waals surface area contributed by atoms with Crippen LogP contribution in [-0.4, -0.2) is 32.3 Å². The van der Waals surface area contributed by atoms with Crippen LogP contribution in [0.15, 0.2) is 47.3 Å². The molecule has 5 rings (SSSR count). The standard InChI is InChI=1S/C22H21Cl2N5O/c23-16-7-5-6-15(12-16)14-28-20(30)18-13-17(24)8-9-19(18)29-21(25-26-22(28)29)27-10-3-1-2-4-11-27/h5-9,12-13H,1-4,10-11,14H2. The van der Waals surface area contributed by atoms with Gasteiger partial charge in [-0.05, 0) is 48.7 Å². The number of rotatable bonds is 3. The van der Waals surface area contributed by atoms with Crippen LogP contribution in [0.5, 0.6) is 0 Å². The third-order valence-corrected chi connectivity index (χ3v) is 6.13. The molecule has 30 heavy (non-hydrogen) atoms. The number of fused-ring (bicyclic) bond motifs is 3. The molecule has 0 spiro atoms. The van der Waals surface area contributed by atoms with Gasteiger partial charge >= 0.3 is 0 Å². The summed E-state index contributed by atoms with van der Waals surface area (Å²) < 4.78 is 3.64. The fourth-order valence-corrected chi connectivity index (χ4v) is 4.59. The summed E-state index contributed by atoms with van der Waals surface area (Å²) in [5, 5.41) is 10.7. The lowest BCUT2D eigenvalue weighted by Gasteiger charge is -2.21. The number of nitrogens with zero attached hydrogens (tertiary/aromatic N) is 5. The van der Waals surface area contributed by atoms with Gasteiger partial charge in [0.25, 0.3) is 5.56 Å². The van der Waals surface area contributed by atoms with Crippen molar-refractivity contribution in [1.29, 1.82) is 0 Å². The van der Waals surface area contributed by atoms with Crippen LogP contribution in [0.1, 0.15) is 31.2 Å². The molecule has 8 heteroatoms. The van der Waals surface area contributed by atoms with Gasteiger partial charge in [0.05, 0.1) is 17.4 Å². The molecule has 0 aliphatic carbocycles. The van der Waals surface area contributed by atoms with Gasteiger partial charge in [-0.25, -0.2) is 4.40 Å². The summed E-state index contributed by atoms with van der Waals surface area (Å²) in [6.45, 7) is 2.22. The molecule has 0 bridgehead atoms. The number of hydrogen-bond acceptors (Lipinski definition) is 4. The summed E-state index contributed by atoms with van der Waals surface area (Å²) in [4.78, 5) is 15.7. The minimum absolute atomic E-state index is 0.144. The van der Waals surface area contributed by atoms with E-state index in [4.69, 9.17) is 23.2 Å². The van der Waals surface area contributed by atoms with Crippen LogP contribution in [0, 0.1) is 0 Å². The highest BCUT2D eigenvalue weighted by molar-refractivity contribution is 6.31. The Morgan fingerprint density at radius 2 is 1.67 bits per heavy atom. The first kappa shape index (κ1) is 19.4. The predicted molar refractivity (Wildman–Crippen MR) is 121 cm³/mol. The van der Waals surface area contributed by atoms with Crippen LogP contribution in [-0.2, 0) is 6.54 Å². The Bertz CT molecular complexity index is 1290. The van der Waals surface area contributed by atoms with E-state index in [0.717, 1.165) is 43.0 Å². The van der Waals surface area contributed by atoms with Crippen molar-refractivity contribution in [3.63, 3.8) is 0 Å². The molecule has 0 amide bonds. The lowest BCUT2D eigenvalue weighted by molar-refractivity contribution is 0.726. The molecule has 2 aromatic heterocycles. The average Bonchev–Trinajstić information content (AvgIpc) is 2.99. The number of aromatic nitrogens is 4. The summed E-state index contributed by atoms with van der Waals surface area (Å²) in [5.74, 6) is 1.30. The van der Waals surface area contributed by atoms with Gasteiger partial charge in [-0.3, -0.25) is 9.36 Å². The van der Waals surface area contributed by atoms with E-state index in [2.05, 4.69) is 15.1 Å². The molecule has 154 valence electrons. The molecule has 0 atom stereocenters. The first-order chi connectivity index (χ1) is 14.6. The smallest absolute Gasteiger partial charge is 0.263 e. The van der Waals surface area contributed by atoms with Crippen molar-refractivity contribution in [3.8, 4) is 0 Å². The highest BCUT2D eigenvalue weighted by Crippen LogP contribution is 2.25.